The SMILES string of the molecule is [N-]=[N+]=Nc1ccccc1C[C@@]1(C(=O)NC2Cc3ccccc3C2)N=C(c2ccc(OCCCO)cc2)O[C@@H]1c1ccc(Br)cc1. The lowest BCUT2D eigenvalue weighted by Gasteiger charge is -2.32. The van der Waals surface area contributed by atoms with Gasteiger partial charge in [-0.25, -0.2) is 4.99 Å². The number of ether oxygens (including phenoxy) is 2. The Hall–Kier alpha value is -4.63. The van der Waals surface area contributed by atoms with E-state index in [0.717, 1.165) is 22.9 Å². The Bertz CT molecular complexity index is 1730. The number of aliphatic imine (C=N–C) groups is 1. The molecule has 1 aliphatic heterocycles. The lowest BCUT2D eigenvalue weighted by molar-refractivity contribution is -0.129. The number of carbonyl (C=O) groups excluding carboxylic acids is 1. The molecule has 1 heterocycles. The first kappa shape index (κ1) is 30.4. The van der Waals surface area contributed by atoms with Crippen LogP contribution in [0, 0.1) is 0 Å². The molecule has 2 atom stereocenters. The number of hydrogen-bond acceptors (Lipinski definition) is 6. The molecule has 0 saturated heterocycles. The fourth-order valence-corrected chi connectivity index (χ4v) is 6.25. The zero-order valence-electron chi connectivity index (χ0n) is 24.5. The largest absolute Gasteiger partial charge is 0.494 e. The summed E-state index contributed by atoms with van der Waals surface area (Å²) in [6.45, 7) is 0.456. The van der Waals surface area contributed by atoms with Crippen LogP contribution in [0.2, 0.25) is 0 Å². The minimum absolute atomic E-state index is 0.0556. The van der Waals surface area contributed by atoms with Gasteiger partial charge in [0.1, 0.15) is 5.75 Å². The molecule has 0 spiro atoms. The van der Waals surface area contributed by atoms with Gasteiger partial charge in [0.15, 0.2) is 11.6 Å². The molecule has 9 nitrogen and oxygen atoms in total. The Balaban J connectivity index is 1.42. The topological polar surface area (TPSA) is 129 Å². The minimum Gasteiger partial charge on any atom is -0.494 e. The first-order chi connectivity index (χ1) is 22.0. The molecular formula is C35H32BrN5O4. The molecule has 0 fully saturated rings. The van der Waals surface area contributed by atoms with E-state index in [1.54, 1.807) is 12.1 Å². The van der Waals surface area contributed by atoms with Gasteiger partial charge in [-0.1, -0.05) is 81.7 Å². The molecule has 0 radical (unpaired) electrons. The zero-order chi connectivity index (χ0) is 31.2. The molecule has 0 unspecified atom stereocenters. The number of azide groups is 1. The number of rotatable bonds is 11. The molecule has 1 amide bonds. The van der Waals surface area contributed by atoms with Crippen LogP contribution in [0.25, 0.3) is 10.4 Å². The maximum Gasteiger partial charge on any atom is 0.252 e. The van der Waals surface area contributed by atoms with Gasteiger partial charge in [0.25, 0.3) is 5.91 Å². The van der Waals surface area contributed by atoms with E-state index in [2.05, 4.69) is 43.4 Å². The second-order valence-electron chi connectivity index (χ2n) is 11.2. The van der Waals surface area contributed by atoms with Crippen LogP contribution in [-0.2, 0) is 28.8 Å². The lowest BCUT2D eigenvalue weighted by atomic mass is 9.81. The van der Waals surface area contributed by atoms with Gasteiger partial charge in [0.2, 0.25) is 5.90 Å². The number of halogens is 1. The van der Waals surface area contributed by atoms with E-state index in [1.807, 2.05) is 72.8 Å². The quantitative estimate of drug-likeness (QED) is 0.0778. The summed E-state index contributed by atoms with van der Waals surface area (Å²) in [5.41, 5.74) is 12.9. The van der Waals surface area contributed by atoms with Crippen molar-refractivity contribution in [2.45, 2.75) is 43.4 Å². The molecule has 10 heteroatoms. The third kappa shape index (κ3) is 6.59. The van der Waals surface area contributed by atoms with Crippen molar-refractivity contribution in [2.75, 3.05) is 13.2 Å². The summed E-state index contributed by atoms with van der Waals surface area (Å²) < 4.78 is 13.3. The fourth-order valence-electron chi connectivity index (χ4n) is 5.99. The molecule has 4 aromatic rings. The predicted molar refractivity (Wildman–Crippen MR) is 176 cm³/mol. The van der Waals surface area contributed by atoms with Crippen molar-refractivity contribution in [1.29, 1.82) is 0 Å². The van der Waals surface area contributed by atoms with E-state index in [4.69, 9.17) is 19.6 Å². The number of benzene rings is 4. The summed E-state index contributed by atoms with van der Waals surface area (Å²) in [5.74, 6) is 0.724. The Kier molecular flexibility index (Phi) is 9.16. The van der Waals surface area contributed by atoms with Crippen LogP contribution in [-0.4, -0.2) is 41.7 Å². The molecule has 2 aliphatic rings. The van der Waals surface area contributed by atoms with Crippen LogP contribution in [0.3, 0.4) is 0 Å². The summed E-state index contributed by atoms with van der Waals surface area (Å²) in [5, 5.41) is 16.3. The third-order valence-corrected chi connectivity index (χ3v) is 8.72. The van der Waals surface area contributed by atoms with Crippen LogP contribution in [0.15, 0.2) is 112 Å². The summed E-state index contributed by atoms with van der Waals surface area (Å²) in [6.07, 6.45) is 1.36. The standard InChI is InChI=1S/C35H32BrN5O4/c36-28-14-10-23(11-15-28)32-35(22-27-8-3-4-9-31(27)40-41-37,34(43)38-29-20-25-6-1-2-7-26(25)21-29)39-33(45-32)24-12-16-30(17-13-24)44-19-5-18-42/h1-4,6-17,29,32,42H,5,18-22H2,(H,38,43)/t32-,35-/m1/s1. The maximum absolute atomic E-state index is 14.7. The first-order valence-electron chi connectivity index (χ1n) is 14.9. The Morgan fingerprint density at radius 2 is 1.71 bits per heavy atom. The Labute approximate surface area is 269 Å². The summed E-state index contributed by atoms with van der Waals surface area (Å²) in [4.78, 5) is 22.9. The van der Waals surface area contributed by atoms with E-state index < -0.39 is 11.6 Å². The van der Waals surface area contributed by atoms with Crippen LogP contribution >= 0.6 is 15.9 Å². The maximum atomic E-state index is 14.7. The van der Waals surface area contributed by atoms with Crippen LogP contribution in [0.5, 0.6) is 5.75 Å². The second kappa shape index (κ2) is 13.6. The molecule has 4 aromatic carbocycles. The fraction of sp³-hybridized carbons (Fsp3) is 0.257. The number of hydrogen-bond donors (Lipinski definition) is 2. The minimum atomic E-state index is -1.42. The van der Waals surface area contributed by atoms with Crippen molar-refractivity contribution in [2.24, 2.45) is 10.1 Å². The van der Waals surface area contributed by atoms with Crippen molar-refractivity contribution in [3.63, 3.8) is 0 Å². The van der Waals surface area contributed by atoms with Gasteiger partial charge in [-0.15, -0.1) is 0 Å². The average molecular weight is 667 g/mol. The molecule has 2 N–H and O–H groups in total. The molecule has 45 heavy (non-hydrogen) atoms. The van der Waals surface area contributed by atoms with Gasteiger partial charge >= 0.3 is 0 Å². The number of nitrogens with zero attached hydrogens (tertiary/aromatic N) is 4. The van der Waals surface area contributed by atoms with Gasteiger partial charge in [-0.3, -0.25) is 4.79 Å². The van der Waals surface area contributed by atoms with Gasteiger partial charge < -0.3 is 19.9 Å². The number of amides is 1. The molecule has 228 valence electrons. The average Bonchev–Trinajstić information content (AvgIpc) is 3.65. The summed E-state index contributed by atoms with van der Waals surface area (Å²) in [7, 11) is 0. The van der Waals surface area contributed by atoms with E-state index in [9.17, 15) is 10.3 Å². The van der Waals surface area contributed by atoms with Crippen molar-refractivity contribution in [3.8, 4) is 5.75 Å². The number of carbonyl (C=O) groups is 1. The normalized spacial score (nSPS) is 18.8. The van der Waals surface area contributed by atoms with Crippen LogP contribution in [0.1, 0.15) is 40.3 Å². The number of aliphatic hydroxyl groups is 1. The predicted octanol–water partition coefficient (Wildman–Crippen LogP) is 6.94. The highest BCUT2D eigenvalue weighted by atomic mass is 79.9. The summed E-state index contributed by atoms with van der Waals surface area (Å²) >= 11 is 3.52. The van der Waals surface area contributed by atoms with Gasteiger partial charge in [-0.05, 0) is 77.0 Å². The van der Waals surface area contributed by atoms with Crippen molar-refractivity contribution in [1.82, 2.24) is 5.32 Å². The summed E-state index contributed by atoms with van der Waals surface area (Å²) in [6, 6.07) is 30.4. The van der Waals surface area contributed by atoms with E-state index in [1.165, 1.54) is 11.1 Å². The molecule has 0 saturated carbocycles. The van der Waals surface area contributed by atoms with E-state index >= 15 is 0 Å². The molecule has 6 rings (SSSR count). The van der Waals surface area contributed by atoms with Gasteiger partial charge in [-0.2, -0.15) is 0 Å². The van der Waals surface area contributed by atoms with Crippen LogP contribution < -0.4 is 10.1 Å². The smallest absolute Gasteiger partial charge is 0.252 e. The number of nitrogens with one attached hydrogen (secondary N) is 1. The monoisotopic (exact) mass is 665 g/mol. The molecule has 1 aliphatic carbocycles. The van der Waals surface area contributed by atoms with Crippen molar-refractivity contribution >= 4 is 33.4 Å². The Morgan fingerprint density at radius 1 is 1.02 bits per heavy atom. The second-order valence-corrected chi connectivity index (χ2v) is 12.1. The van der Waals surface area contributed by atoms with E-state index in [0.29, 0.717) is 41.5 Å². The Morgan fingerprint density at radius 3 is 2.40 bits per heavy atom. The van der Waals surface area contributed by atoms with Gasteiger partial charge in [0, 0.05) is 46.1 Å². The van der Waals surface area contributed by atoms with Crippen molar-refractivity contribution in [3.05, 3.63) is 140 Å². The molecular weight excluding hydrogens is 634 g/mol. The van der Waals surface area contributed by atoms with Crippen molar-refractivity contribution < 1.29 is 19.4 Å². The molecule has 0 bridgehead atoms. The highest BCUT2D eigenvalue weighted by molar-refractivity contribution is 9.10. The number of aliphatic hydroxyl groups excluding tert-OH is 1. The highest BCUT2D eigenvalue weighted by Gasteiger charge is 2.54. The van der Waals surface area contributed by atoms with Gasteiger partial charge in [0.05, 0.1) is 6.61 Å². The third-order valence-electron chi connectivity index (χ3n) is 8.19. The zero-order valence-corrected chi connectivity index (χ0v) is 26.1. The van der Waals surface area contributed by atoms with Crippen LogP contribution in [0.4, 0.5) is 5.69 Å². The lowest BCUT2D eigenvalue weighted by Crippen LogP contribution is -2.53. The first-order valence-corrected chi connectivity index (χ1v) is 15.6. The number of fused-ring (bicyclic) bond motifs is 1. The highest BCUT2D eigenvalue weighted by Crippen LogP contribution is 2.44. The molecule has 0 aromatic heterocycles. The van der Waals surface area contributed by atoms with E-state index in [-0.39, 0.29) is 25.0 Å².